The summed E-state index contributed by atoms with van der Waals surface area (Å²) < 4.78 is 11.9. The minimum Gasteiger partial charge on any atom is -0.493 e. The Bertz CT molecular complexity index is 1300. The average Bonchev–Trinajstić information content (AvgIpc) is 3.25. The second-order valence-corrected chi connectivity index (χ2v) is 8.02. The molecular formula is C23H25ClN6O3. The number of anilines is 1. The van der Waals surface area contributed by atoms with E-state index in [1.807, 2.05) is 56.6 Å². The Morgan fingerprint density at radius 2 is 1.91 bits per heavy atom. The minimum absolute atomic E-state index is 0.0290. The van der Waals surface area contributed by atoms with Gasteiger partial charge in [-0.2, -0.15) is 9.78 Å². The van der Waals surface area contributed by atoms with Crippen molar-refractivity contribution in [3.8, 4) is 17.4 Å². The Hall–Kier alpha value is -3.56. The van der Waals surface area contributed by atoms with Crippen molar-refractivity contribution in [2.24, 2.45) is 0 Å². The molecule has 33 heavy (non-hydrogen) atoms. The molecule has 2 aromatic carbocycles. The molecule has 172 valence electrons. The number of nitrogens with zero attached hydrogens (tertiary/aromatic N) is 4. The summed E-state index contributed by atoms with van der Waals surface area (Å²) >= 11 is 6.42. The van der Waals surface area contributed by atoms with Crippen molar-refractivity contribution in [3.05, 3.63) is 69.6 Å². The minimum atomic E-state index is -0.465. The molecule has 2 N–H and O–H groups in total. The van der Waals surface area contributed by atoms with Crippen LogP contribution in [0.1, 0.15) is 11.6 Å². The van der Waals surface area contributed by atoms with Crippen LogP contribution in [0.3, 0.4) is 0 Å². The number of ether oxygens (including phenoxy) is 2. The van der Waals surface area contributed by atoms with Gasteiger partial charge in [0, 0.05) is 6.54 Å². The number of H-pyrrole nitrogens is 1. The number of para-hydroxylation sites is 2. The van der Waals surface area contributed by atoms with Gasteiger partial charge in [-0.15, -0.1) is 0 Å². The number of rotatable bonds is 8. The molecule has 4 rings (SSSR count). The summed E-state index contributed by atoms with van der Waals surface area (Å²) in [5.74, 6) is 1.62. The molecule has 4 aromatic rings. The summed E-state index contributed by atoms with van der Waals surface area (Å²) in [5, 5.41) is 7.55. The second kappa shape index (κ2) is 9.51. The third-order valence-corrected chi connectivity index (χ3v) is 5.76. The number of halogens is 1. The number of imidazole rings is 1. The quantitative estimate of drug-likeness (QED) is 0.408. The van der Waals surface area contributed by atoms with E-state index in [-0.39, 0.29) is 11.1 Å². The molecule has 0 bridgehead atoms. The molecule has 0 aliphatic heterocycles. The van der Waals surface area contributed by atoms with Gasteiger partial charge in [0.25, 0.3) is 5.56 Å². The third kappa shape index (κ3) is 4.50. The number of benzene rings is 2. The fourth-order valence-corrected chi connectivity index (χ4v) is 3.81. The Kier molecular flexibility index (Phi) is 6.52. The number of likely N-dealkylation sites (N-methyl/N-ethyl adjacent to an activating group) is 1. The third-order valence-electron chi connectivity index (χ3n) is 5.40. The van der Waals surface area contributed by atoms with Gasteiger partial charge in [-0.1, -0.05) is 29.8 Å². The smallest absolute Gasteiger partial charge is 0.295 e. The molecule has 0 spiro atoms. The molecule has 0 amide bonds. The largest absolute Gasteiger partial charge is 0.493 e. The number of aromatic amines is 1. The molecule has 1 unspecified atom stereocenters. The van der Waals surface area contributed by atoms with Crippen LogP contribution >= 0.6 is 11.6 Å². The highest BCUT2D eigenvalue weighted by molar-refractivity contribution is 6.32. The first-order valence-corrected chi connectivity index (χ1v) is 10.7. The van der Waals surface area contributed by atoms with Crippen LogP contribution in [0.5, 0.6) is 11.5 Å². The molecule has 0 aliphatic rings. The normalized spacial score (nSPS) is 12.2. The predicted octanol–water partition coefficient (Wildman–Crippen LogP) is 3.49. The van der Waals surface area contributed by atoms with Crippen LogP contribution in [0.4, 0.5) is 5.69 Å². The molecule has 0 radical (unpaired) electrons. The maximum Gasteiger partial charge on any atom is 0.295 e. The molecule has 2 heterocycles. The van der Waals surface area contributed by atoms with Crippen LogP contribution in [0.25, 0.3) is 17.0 Å². The maximum absolute atomic E-state index is 12.9. The highest BCUT2D eigenvalue weighted by Crippen LogP contribution is 2.31. The van der Waals surface area contributed by atoms with Crippen molar-refractivity contribution in [1.82, 2.24) is 24.6 Å². The SMILES string of the molecule is COc1ccc(C(CNc2cnn(-c3nc4ccccc4[nH]3)c(=O)c2Cl)N(C)C)cc1OC. The van der Waals surface area contributed by atoms with Crippen molar-refractivity contribution < 1.29 is 9.47 Å². The summed E-state index contributed by atoms with van der Waals surface area (Å²) in [6.07, 6.45) is 1.53. The van der Waals surface area contributed by atoms with Gasteiger partial charge in [0.05, 0.1) is 43.2 Å². The molecule has 0 saturated carbocycles. The number of aromatic nitrogens is 4. The van der Waals surface area contributed by atoms with Gasteiger partial charge < -0.3 is 24.7 Å². The van der Waals surface area contributed by atoms with Crippen LogP contribution in [-0.2, 0) is 0 Å². The predicted molar refractivity (Wildman–Crippen MR) is 129 cm³/mol. The first-order valence-electron chi connectivity index (χ1n) is 10.3. The standard InChI is InChI=1S/C23H25ClN6O3/c1-29(2)18(14-9-10-19(32-3)20(11-14)33-4)13-25-17-12-26-30(22(31)21(17)24)23-27-15-7-5-6-8-16(15)28-23/h5-12,18,25H,13H2,1-4H3,(H,27,28). The van der Waals surface area contributed by atoms with Gasteiger partial charge in [-0.05, 0) is 43.9 Å². The van der Waals surface area contributed by atoms with Crippen molar-refractivity contribution in [2.45, 2.75) is 6.04 Å². The van der Waals surface area contributed by atoms with Crippen molar-refractivity contribution in [3.63, 3.8) is 0 Å². The van der Waals surface area contributed by atoms with E-state index in [0.29, 0.717) is 29.7 Å². The van der Waals surface area contributed by atoms with Gasteiger partial charge in [-0.3, -0.25) is 4.79 Å². The summed E-state index contributed by atoms with van der Waals surface area (Å²) in [5.41, 5.74) is 2.55. The zero-order chi connectivity index (χ0) is 23.5. The lowest BCUT2D eigenvalue weighted by Crippen LogP contribution is -2.28. The van der Waals surface area contributed by atoms with E-state index >= 15 is 0 Å². The summed E-state index contributed by atoms with van der Waals surface area (Å²) in [7, 11) is 7.16. The van der Waals surface area contributed by atoms with Crippen molar-refractivity contribution in [2.75, 3.05) is 40.2 Å². The van der Waals surface area contributed by atoms with Gasteiger partial charge in [0.2, 0.25) is 5.95 Å². The maximum atomic E-state index is 12.9. The Labute approximate surface area is 195 Å². The fourth-order valence-electron chi connectivity index (χ4n) is 3.61. The van der Waals surface area contributed by atoms with Crippen LogP contribution in [0.2, 0.25) is 5.02 Å². The van der Waals surface area contributed by atoms with E-state index in [1.165, 1.54) is 6.20 Å². The highest BCUT2D eigenvalue weighted by Gasteiger charge is 2.19. The van der Waals surface area contributed by atoms with Crippen LogP contribution in [0.15, 0.2) is 53.5 Å². The van der Waals surface area contributed by atoms with E-state index in [1.54, 1.807) is 14.2 Å². The number of hydrogen-bond donors (Lipinski definition) is 2. The van der Waals surface area contributed by atoms with E-state index in [9.17, 15) is 4.79 Å². The zero-order valence-electron chi connectivity index (χ0n) is 18.8. The monoisotopic (exact) mass is 468 g/mol. The van der Waals surface area contributed by atoms with Crippen molar-refractivity contribution in [1.29, 1.82) is 0 Å². The van der Waals surface area contributed by atoms with Gasteiger partial charge >= 0.3 is 0 Å². The first kappa shape index (κ1) is 22.6. The van der Waals surface area contributed by atoms with Crippen molar-refractivity contribution >= 4 is 28.3 Å². The van der Waals surface area contributed by atoms with E-state index < -0.39 is 5.56 Å². The second-order valence-electron chi connectivity index (χ2n) is 7.64. The lowest BCUT2D eigenvalue weighted by Gasteiger charge is -2.26. The van der Waals surface area contributed by atoms with E-state index in [2.05, 4.69) is 25.3 Å². The average molecular weight is 469 g/mol. The zero-order valence-corrected chi connectivity index (χ0v) is 19.6. The van der Waals surface area contributed by atoms with Crippen LogP contribution < -0.4 is 20.3 Å². The van der Waals surface area contributed by atoms with Gasteiger partial charge in [0.15, 0.2) is 11.5 Å². The lowest BCUT2D eigenvalue weighted by atomic mass is 10.0. The van der Waals surface area contributed by atoms with Gasteiger partial charge in [-0.25, -0.2) is 4.98 Å². The van der Waals surface area contributed by atoms with Crippen LogP contribution in [-0.4, -0.2) is 59.5 Å². The molecule has 1 atom stereocenters. The summed E-state index contributed by atoms with van der Waals surface area (Å²) in [6.45, 7) is 0.484. The molecule has 2 aromatic heterocycles. The molecule has 0 fully saturated rings. The molecule has 9 nitrogen and oxygen atoms in total. The summed E-state index contributed by atoms with van der Waals surface area (Å²) in [4.78, 5) is 22.5. The molecule has 10 heteroatoms. The number of fused-ring (bicyclic) bond motifs is 1. The van der Waals surface area contributed by atoms with Gasteiger partial charge in [0.1, 0.15) is 5.02 Å². The molecular weight excluding hydrogens is 444 g/mol. The van der Waals surface area contributed by atoms with Crippen LogP contribution in [0, 0.1) is 0 Å². The number of methoxy groups -OCH3 is 2. The molecule has 0 aliphatic carbocycles. The first-order chi connectivity index (χ1) is 15.9. The topological polar surface area (TPSA) is 97.3 Å². The Balaban J connectivity index is 1.58. The molecule has 0 saturated heterocycles. The number of hydrogen-bond acceptors (Lipinski definition) is 7. The number of nitrogens with one attached hydrogen (secondary N) is 2. The highest BCUT2D eigenvalue weighted by atomic mass is 35.5. The summed E-state index contributed by atoms with van der Waals surface area (Å²) in [6, 6.07) is 13.3. The fraction of sp³-hybridized carbons (Fsp3) is 0.261. The Morgan fingerprint density at radius 3 is 2.61 bits per heavy atom. The van der Waals surface area contributed by atoms with E-state index in [0.717, 1.165) is 21.3 Å². The van der Waals surface area contributed by atoms with E-state index in [4.69, 9.17) is 21.1 Å². The lowest BCUT2D eigenvalue weighted by molar-refractivity contribution is 0.308. The Morgan fingerprint density at radius 1 is 1.15 bits per heavy atom.